The van der Waals surface area contributed by atoms with Gasteiger partial charge in [0.2, 0.25) is 0 Å². The summed E-state index contributed by atoms with van der Waals surface area (Å²) in [7, 11) is 0. The lowest BCUT2D eigenvalue weighted by Gasteiger charge is -2.25. The smallest absolute Gasteiger partial charge is 0.316 e. The molecule has 0 bridgehead atoms. The summed E-state index contributed by atoms with van der Waals surface area (Å²) < 4.78 is 0. The predicted molar refractivity (Wildman–Crippen MR) is 44.3 cm³/mol. The zero-order valence-corrected chi connectivity index (χ0v) is 7.07. The van der Waals surface area contributed by atoms with E-state index in [1.54, 1.807) is 11.8 Å². The highest BCUT2D eigenvalue weighted by Gasteiger charge is 2.52. The molecule has 2 amide bonds. The molecule has 2 aliphatic rings. The van der Waals surface area contributed by atoms with Gasteiger partial charge >= 0.3 is 6.03 Å². The minimum Gasteiger partial charge on any atom is -0.331 e. The molecule has 62 valence electrons. The lowest BCUT2D eigenvalue weighted by atomic mass is 10.0. The first kappa shape index (κ1) is 7.24. The SMILES string of the molecule is C[C@@H]1SCC2NC(=O)N[C@@]21N. The highest BCUT2D eigenvalue weighted by atomic mass is 32.2. The topological polar surface area (TPSA) is 67.2 Å². The fourth-order valence-corrected chi connectivity index (χ4v) is 2.88. The Kier molecular flexibility index (Phi) is 1.34. The van der Waals surface area contributed by atoms with Crippen LogP contribution in [-0.4, -0.2) is 28.7 Å². The van der Waals surface area contributed by atoms with Crippen molar-refractivity contribution in [3.63, 3.8) is 0 Å². The highest BCUT2D eigenvalue weighted by molar-refractivity contribution is 8.00. The molecule has 0 aromatic carbocycles. The van der Waals surface area contributed by atoms with Crippen LogP contribution in [0.4, 0.5) is 4.79 Å². The van der Waals surface area contributed by atoms with Crippen LogP contribution in [0.1, 0.15) is 6.92 Å². The molecule has 0 radical (unpaired) electrons. The number of fused-ring (bicyclic) bond motifs is 1. The Bertz CT molecular complexity index is 210. The molecular weight excluding hydrogens is 162 g/mol. The molecule has 4 nitrogen and oxygen atoms in total. The van der Waals surface area contributed by atoms with Gasteiger partial charge in [-0.05, 0) is 6.92 Å². The van der Waals surface area contributed by atoms with E-state index >= 15 is 0 Å². The number of nitrogens with one attached hydrogen (secondary N) is 2. The van der Waals surface area contributed by atoms with Gasteiger partial charge in [-0.3, -0.25) is 0 Å². The molecule has 2 rings (SSSR count). The maximum atomic E-state index is 10.9. The molecule has 0 spiro atoms. The van der Waals surface area contributed by atoms with Crippen LogP contribution in [0.5, 0.6) is 0 Å². The number of hydrogen-bond donors (Lipinski definition) is 3. The Morgan fingerprint density at radius 3 is 3.18 bits per heavy atom. The van der Waals surface area contributed by atoms with Gasteiger partial charge in [-0.1, -0.05) is 0 Å². The molecule has 2 aliphatic heterocycles. The van der Waals surface area contributed by atoms with Gasteiger partial charge in [-0.15, -0.1) is 0 Å². The molecule has 11 heavy (non-hydrogen) atoms. The standard InChI is InChI=1S/C6H11N3OS/c1-3-6(7)4(2-11-3)8-5(10)9-6/h3-4H,2,7H2,1H3,(H2,8,9,10)/t3-,4?,6+/m0/s1. The van der Waals surface area contributed by atoms with Crippen LogP contribution in [0, 0.1) is 0 Å². The molecule has 2 fully saturated rings. The lowest BCUT2D eigenvalue weighted by molar-refractivity contribution is 0.244. The van der Waals surface area contributed by atoms with Gasteiger partial charge in [-0.2, -0.15) is 11.8 Å². The Morgan fingerprint density at radius 2 is 2.55 bits per heavy atom. The minimum atomic E-state index is -0.512. The normalized spacial score (nSPS) is 48.4. The molecule has 1 unspecified atom stereocenters. The first-order valence-corrected chi connectivity index (χ1v) is 4.67. The van der Waals surface area contributed by atoms with Crippen molar-refractivity contribution >= 4 is 17.8 Å². The van der Waals surface area contributed by atoms with Crippen molar-refractivity contribution in [3.05, 3.63) is 0 Å². The largest absolute Gasteiger partial charge is 0.331 e. The zero-order valence-electron chi connectivity index (χ0n) is 6.26. The molecule has 0 aliphatic carbocycles. The number of urea groups is 1. The Balaban J connectivity index is 2.26. The van der Waals surface area contributed by atoms with Gasteiger partial charge in [0.1, 0.15) is 5.66 Å². The van der Waals surface area contributed by atoms with Crippen molar-refractivity contribution in [2.75, 3.05) is 5.75 Å². The molecular formula is C6H11N3OS. The predicted octanol–water partition coefficient (Wildman–Crippen LogP) is -0.542. The van der Waals surface area contributed by atoms with Crippen LogP contribution in [0.2, 0.25) is 0 Å². The maximum absolute atomic E-state index is 10.9. The molecule has 2 saturated heterocycles. The van der Waals surface area contributed by atoms with E-state index in [2.05, 4.69) is 10.6 Å². The molecule has 5 heteroatoms. The first-order valence-electron chi connectivity index (χ1n) is 3.62. The summed E-state index contributed by atoms with van der Waals surface area (Å²) in [6, 6.07) is -0.0281. The van der Waals surface area contributed by atoms with Gasteiger partial charge in [0.25, 0.3) is 0 Å². The second-order valence-corrected chi connectivity index (χ2v) is 4.43. The molecule has 0 aromatic rings. The van der Waals surface area contributed by atoms with E-state index in [-0.39, 0.29) is 12.1 Å². The van der Waals surface area contributed by atoms with E-state index in [9.17, 15) is 4.79 Å². The summed E-state index contributed by atoms with van der Waals surface area (Å²) in [5.74, 6) is 0.913. The second-order valence-electron chi connectivity index (χ2n) is 3.06. The number of carbonyl (C=O) groups excluding carboxylic acids is 1. The summed E-state index contributed by atoms with van der Waals surface area (Å²) >= 11 is 1.79. The van der Waals surface area contributed by atoms with E-state index in [0.717, 1.165) is 5.75 Å². The third-order valence-electron chi connectivity index (χ3n) is 2.40. The van der Waals surface area contributed by atoms with E-state index in [1.807, 2.05) is 6.92 Å². The van der Waals surface area contributed by atoms with E-state index in [4.69, 9.17) is 5.73 Å². The van der Waals surface area contributed by atoms with Crippen LogP contribution in [0.15, 0.2) is 0 Å². The summed E-state index contributed by atoms with van der Waals surface area (Å²) in [5, 5.41) is 5.84. The monoisotopic (exact) mass is 173 g/mol. The number of thioether (sulfide) groups is 1. The van der Waals surface area contributed by atoms with Gasteiger partial charge in [-0.25, -0.2) is 4.79 Å². The van der Waals surface area contributed by atoms with Gasteiger partial charge in [0.15, 0.2) is 0 Å². The lowest BCUT2D eigenvalue weighted by Crippen LogP contribution is -2.60. The highest BCUT2D eigenvalue weighted by Crippen LogP contribution is 2.34. The van der Waals surface area contributed by atoms with Crippen LogP contribution >= 0.6 is 11.8 Å². The van der Waals surface area contributed by atoms with Crippen molar-refractivity contribution in [1.29, 1.82) is 0 Å². The summed E-state index contributed by atoms with van der Waals surface area (Å²) in [6.07, 6.45) is 0. The van der Waals surface area contributed by atoms with E-state index in [1.165, 1.54) is 0 Å². The fraction of sp³-hybridized carbons (Fsp3) is 0.833. The minimum absolute atomic E-state index is 0.106. The molecule has 0 aromatic heterocycles. The summed E-state index contributed by atoms with van der Waals surface area (Å²) in [6.45, 7) is 2.04. The van der Waals surface area contributed by atoms with Crippen molar-refractivity contribution < 1.29 is 4.79 Å². The van der Waals surface area contributed by atoms with Crippen molar-refractivity contribution in [1.82, 2.24) is 10.6 Å². The van der Waals surface area contributed by atoms with Crippen LogP contribution in [0.25, 0.3) is 0 Å². The maximum Gasteiger partial charge on any atom is 0.316 e. The van der Waals surface area contributed by atoms with Crippen molar-refractivity contribution in [3.8, 4) is 0 Å². The van der Waals surface area contributed by atoms with Gasteiger partial charge in [0.05, 0.1) is 6.04 Å². The number of rotatable bonds is 0. The molecule has 0 saturated carbocycles. The number of carbonyl (C=O) groups is 1. The van der Waals surface area contributed by atoms with Crippen LogP contribution in [-0.2, 0) is 0 Å². The molecule has 4 N–H and O–H groups in total. The number of amides is 2. The van der Waals surface area contributed by atoms with Crippen LogP contribution < -0.4 is 16.4 Å². The van der Waals surface area contributed by atoms with Crippen molar-refractivity contribution in [2.45, 2.75) is 23.9 Å². The zero-order chi connectivity index (χ0) is 8.06. The Morgan fingerprint density at radius 1 is 1.82 bits per heavy atom. The van der Waals surface area contributed by atoms with Crippen LogP contribution in [0.3, 0.4) is 0 Å². The Labute approximate surface area is 69.3 Å². The fourth-order valence-electron chi connectivity index (χ4n) is 1.54. The third kappa shape index (κ3) is 0.841. The molecule has 3 atom stereocenters. The third-order valence-corrected chi connectivity index (χ3v) is 3.81. The van der Waals surface area contributed by atoms with Gasteiger partial charge in [0, 0.05) is 11.0 Å². The first-order chi connectivity index (χ1) is 5.13. The average Bonchev–Trinajstić information content (AvgIpc) is 2.32. The number of hydrogen-bond acceptors (Lipinski definition) is 3. The second kappa shape index (κ2) is 2.04. The average molecular weight is 173 g/mol. The quantitative estimate of drug-likeness (QED) is 0.431. The van der Waals surface area contributed by atoms with E-state index in [0.29, 0.717) is 5.25 Å². The van der Waals surface area contributed by atoms with Crippen molar-refractivity contribution in [2.24, 2.45) is 5.73 Å². The summed E-state index contributed by atoms with van der Waals surface area (Å²) in [4.78, 5) is 10.9. The summed E-state index contributed by atoms with van der Waals surface area (Å²) in [5.41, 5.74) is 5.47. The molecule has 2 heterocycles. The van der Waals surface area contributed by atoms with E-state index < -0.39 is 5.66 Å². The Hall–Kier alpha value is -0.420. The van der Waals surface area contributed by atoms with Gasteiger partial charge < -0.3 is 16.4 Å². The number of nitrogens with two attached hydrogens (primary N) is 1.